The van der Waals surface area contributed by atoms with E-state index in [1.54, 1.807) is 6.07 Å². The van der Waals surface area contributed by atoms with Crippen LogP contribution in [-0.4, -0.2) is 74.3 Å². The monoisotopic (exact) mass is 394 g/mol. The van der Waals surface area contributed by atoms with E-state index in [0.29, 0.717) is 5.69 Å². The summed E-state index contributed by atoms with van der Waals surface area (Å²) in [6, 6.07) is 7.02. The standard InChI is InChI=1S/C20H31FN4OS/c1-3-27-20(8-14-26-15-9-20)16-23-19(22-2)25-12-10-24(11-13-25)18-7-5-4-6-17(18)21/h4-7H,3,8-16H2,1-2H3,(H,22,23). The van der Waals surface area contributed by atoms with Gasteiger partial charge in [-0.25, -0.2) is 4.39 Å². The van der Waals surface area contributed by atoms with Gasteiger partial charge in [-0.2, -0.15) is 11.8 Å². The van der Waals surface area contributed by atoms with Gasteiger partial charge in [0.25, 0.3) is 0 Å². The smallest absolute Gasteiger partial charge is 0.193 e. The van der Waals surface area contributed by atoms with E-state index in [2.05, 4.69) is 27.0 Å². The molecule has 1 aromatic rings. The van der Waals surface area contributed by atoms with Crippen LogP contribution in [-0.2, 0) is 4.74 Å². The molecule has 2 aliphatic heterocycles. The van der Waals surface area contributed by atoms with Crippen molar-refractivity contribution in [2.45, 2.75) is 24.5 Å². The van der Waals surface area contributed by atoms with Crippen LogP contribution in [0.4, 0.5) is 10.1 Å². The zero-order valence-electron chi connectivity index (χ0n) is 16.4. The van der Waals surface area contributed by atoms with E-state index < -0.39 is 0 Å². The van der Waals surface area contributed by atoms with Crippen molar-refractivity contribution >= 4 is 23.4 Å². The third-order valence-corrected chi connectivity index (χ3v) is 6.86. The molecule has 0 bridgehead atoms. The van der Waals surface area contributed by atoms with Gasteiger partial charge in [-0.15, -0.1) is 0 Å². The lowest BCUT2D eigenvalue weighted by Gasteiger charge is -2.40. The van der Waals surface area contributed by atoms with E-state index in [9.17, 15) is 4.39 Å². The van der Waals surface area contributed by atoms with Crippen LogP contribution < -0.4 is 10.2 Å². The second kappa shape index (κ2) is 9.64. The van der Waals surface area contributed by atoms with Gasteiger partial charge in [-0.1, -0.05) is 19.1 Å². The Labute approximate surface area is 166 Å². The van der Waals surface area contributed by atoms with Crippen molar-refractivity contribution in [1.29, 1.82) is 0 Å². The number of nitrogens with one attached hydrogen (secondary N) is 1. The molecule has 2 saturated heterocycles. The van der Waals surface area contributed by atoms with Crippen molar-refractivity contribution in [2.75, 3.05) is 63.6 Å². The SMILES string of the molecule is CCSC1(CNC(=NC)N2CCN(c3ccccc3F)CC2)CCOCC1. The van der Waals surface area contributed by atoms with Crippen LogP contribution in [0.1, 0.15) is 19.8 Å². The maximum absolute atomic E-state index is 14.0. The van der Waals surface area contributed by atoms with Crippen molar-refractivity contribution < 1.29 is 9.13 Å². The Bertz CT molecular complexity index is 623. The average Bonchev–Trinajstić information content (AvgIpc) is 2.70. The van der Waals surface area contributed by atoms with Gasteiger partial charge in [0.05, 0.1) is 5.69 Å². The molecule has 0 aromatic heterocycles. The van der Waals surface area contributed by atoms with E-state index in [1.165, 1.54) is 6.07 Å². The predicted octanol–water partition coefficient (Wildman–Crippen LogP) is 2.83. The minimum Gasteiger partial charge on any atom is -0.381 e. The van der Waals surface area contributed by atoms with Crippen LogP contribution in [0.3, 0.4) is 0 Å². The normalized spacial score (nSPS) is 20.6. The summed E-state index contributed by atoms with van der Waals surface area (Å²) in [6.07, 6.45) is 2.16. The summed E-state index contributed by atoms with van der Waals surface area (Å²) in [5.41, 5.74) is 0.695. The molecule has 3 rings (SSSR count). The quantitative estimate of drug-likeness (QED) is 0.614. The van der Waals surface area contributed by atoms with Crippen LogP contribution in [0.15, 0.2) is 29.3 Å². The first-order chi connectivity index (χ1) is 13.2. The summed E-state index contributed by atoms with van der Waals surface area (Å²) in [6.45, 7) is 8.08. The van der Waals surface area contributed by atoms with E-state index >= 15 is 0 Å². The molecule has 0 radical (unpaired) electrons. The third-order valence-electron chi connectivity index (χ3n) is 5.41. The first kappa shape index (κ1) is 20.3. The molecule has 0 aliphatic carbocycles. The number of rotatable bonds is 5. The van der Waals surface area contributed by atoms with Crippen molar-refractivity contribution in [1.82, 2.24) is 10.2 Å². The predicted molar refractivity (Wildman–Crippen MR) is 112 cm³/mol. The molecule has 0 spiro atoms. The topological polar surface area (TPSA) is 40.1 Å². The Hall–Kier alpha value is -1.47. The molecule has 2 heterocycles. The number of guanidine groups is 1. The van der Waals surface area contributed by atoms with Gasteiger partial charge in [0.15, 0.2) is 5.96 Å². The summed E-state index contributed by atoms with van der Waals surface area (Å²) in [4.78, 5) is 8.90. The van der Waals surface area contributed by atoms with Crippen molar-refractivity contribution in [2.24, 2.45) is 4.99 Å². The van der Waals surface area contributed by atoms with Crippen molar-refractivity contribution in [3.8, 4) is 0 Å². The van der Waals surface area contributed by atoms with E-state index in [4.69, 9.17) is 4.74 Å². The molecule has 7 heteroatoms. The number of aliphatic imine (C=N–C) groups is 1. The highest BCUT2D eigenvalue weighted by atomic mass is 32.2. The van der Waals surface area contributed by atoms with E-state index in [0.717, 1.165) is 70.5 Å². The van der Waals surface area contributed by atoms with Gasteiger partial charge in [-0.3, -0.25) is 4.99 Å². The summed E-state index contributed by atoms with van der Waals surface area (Å²) in [7, 11) is 1.84. The maximum atomic E-state index is 14.0. The van der Waals surface area contributed by atoms with E-state index in [1.807, 2.05) is 30.9 Å². The van der Waals surface area contributed by atoms with Crippen molar-refractivity contribution in [3.63, 3.8) is 0 Å². The number of piperazine rings is 1. The number of hydrogen-bond donors (Lipinski definition) is 1. The molecule has 2 fully saturated rings. The Morgan fingerprint density at radius 1 is 1.22 bits per heavy atom. The van der Waals surface area contributed by atoms with Gasteiger partial charge in [-0.05, 0) is 30.7 Å². The van der Waals surface area contributed by atoms with Crippen molar-refractivity contribution in [3.05, 3.63) is 30.1 Å². The lowest BCUT2D eigenvalue weighted by atomic mass is 9.99. The van der Waals surface area contributed by atoms with Crippen LogP contribution in [0.2, 0.25) is 0 Å². The molecule has 1 N–H and O–H groups in total. The lowest BCUT2D eigenvalue weighted by Crippen LogP contribution is -2.55. The Balaban J connectivity index is 1.55. The fraction of sp³-hybridized carbons (Fsp3) is 0.650. The molecule has 2 aliphatic rings. The largest absolute Gasteiger partial charge is 0.381 e. The van der Waals surface area contributed by atoms with Crippen LogP contribution in [0, 0.1) is 5.82 Å². The first-order valence-electron chi connectivity index (χ1n) is 9.84. The molecule has 0 amide bonds. The second-order valence-corrected chi connectivity index (χ2v) is 8.79. The van der Waals surface area contributed by atoms with Gasteiger partial charge in [0.2, 0.25) is 0 Å². The molecule has 0 unspecified atom stereocenters. The lowest BCUT2D eigenvalue weighted by molar-refractivity contribution is 0.0780. The number of benzene rings is 1. The number of halogens is 1. The highest BCUT2D eigenvalue weighted by molar-refractivity contribution is 8.00. The molecular formula is C20H31FN4OS. The van der Waals surface area contributed by atoms with Gasteiger partial charge in [0.1, 0.15) is 5.82 Å². The maximum Gasteiger partial charge on any atom is 0.193 e. The zero-order valence-corrected chi connectivity index (χ0v) is 17.2. The minimum atomic E-state index is -0.147. The number of hydrogen-bond acceptors (Lipinski definition) is 4. The Morgan fingerprint density at radius 2 is 1.93 bits per heavy atom. The fourth-order valence-electron chi connectivity index (χ4n) is 3.86. The molecule has 5 nitrogen and oxygen atoms in total. The molecule has 150 valence electrons. The second-order valence-electron chi connectivity index (χ2n) is 7.05. The Morgan fingerprint density at radius 3 is 2.56 bits per heavy atom. The molecular weight excluding hydrogens is 363 g/mol. The number of anilines is 1. The summed E-state index contributed by atoms with van der Waals surface area (Å²) in [5.74, 6) is 1.92. The number of para-hydroxylation sites is 1. The van der Waals surface area contributed by atoms with Crippen LogP contribution >= 0.6 is 11.8 Å². The molecule has 1 aromatic carbocycles. The first-order valence-corrected chi connectivity index (χ1v) is 10.8. The summed E-state index contributed by atoms with van der Waals surface area (Å²) in [5, 5.41) is 3.61. The van der Waals surface area contributed by atoms with Gasteiger partial charge < -0.3 is 19.9 Å². The Kier molecular flexibility index (Phi) is 7.24. The van der Waals surface area contributed by atoms with Crippen LogP contribution in [0.5, 0.6) is 0 Å². The molecule has 0 atom stereocenters. The summed E-state index contributed by atoms with van der Waals surface area (Å²) >= 11 is 2.03. The number of thioether (sulfide) groups is 1. The minimum absolute atomic E-state index is 0.147. The van der Waals surface area contributed by atoms with Gasteiger partial charge in [0, 0.05) is 57.7 Å². The molecule has 27 heavy (non-hydrogen) atoms. The average molecular weight is 395 g/mol. The fourth-order valence-corrected chi connectivity index (χ4v) is 5.10. The third kappa shape index (κ3) is 5.08. The molecule has 0 saturated carbocycles. The summed E-state index contributed by atoms with van der Waals surface area (Å²) < 4.78 is 19.8. The van der Waals surface area contributed by atoms with Gasteiger partial charge >= 0.3 is 0 Å². The van der Waals surface area contributed by atoms with E-state index in [-0.39, 0.29) is 10.6 Å². The highest BCUT2D eigenvalue weighted by Crippen LogP contribution is 2.34. The number of ether oxygens (including phenoxy) is 1. The number of nitrogens with zero attached hydrogens (tertiary/aromatic N) is 3. The highest BCUT2D eigenvalue weighted by Gasteiger charge is 2.33. The van der Waals surface area contributed by atoms with Crippen LogP contribution in [0.25, 0.3) is 0 Å². The zero-order chi connectivity index (χ0) is 19.1.